The van der Waals surface area contributed by atoms with E-state index >= 15 is 0 Å². The van der Waals surface area contributed by atoms with Crippen LogP contribution in [0.15, 0.2) is 0 Å². The number of nitrogens with one attached hydrogen (secondary N) is 1. The molecule has 4 amide bonds. The smallest absolute Gasteiger partial charge is 0.276 e. The summed E-state index contributed by atoms with van der Waals surface area (Å²) in [5, 5.41) is 0.810. The largest absolute Gasteiger partial charge is 0.495 e. The number of carbonyl (C=O) groups is 3. The van der Waals surface area contributed by atoms with Gasteiger partial charge in [0, 0.05) is 0 Å². The molecule has 1 saturated heterocycles. The van der Waals surface area contributed by atoms with Gasteiger partial charge in [-0.2, -0.15) is 18.1 Å². The van der Waals surface area contributed by atoms with Gasteiger partial charge in [0.15, 0.2) is 0 Å². The number of carbonyl (C=O) groups excluding carboxylic acids is 3. The molecule has 5 nitrogen and oxygen atoms in total. The van der Waals surface area contributed by atoms with Gasteiger partial charge in [0.25, 0.3) is 5.91 Å². The second kappa shape index (κ2) is 3.60. The Morgan fingerprint density at radius 3 is 1.82 bits per heavy atom. The van der Waals surface area contributed by atoms with Gasteiger partial charge in [0.1, 0.15) is 0 Å². The number of rotatable bonds is 0. The van der Waals surface area contributed by atoms with Crippen LogP contribution in [-0.2, 0) is 9.59 Å². The number of amides is 4. The number of nitrogens with zero attached hydrogens (tertiary/aromatic N) is 1. The maximum Gasteiger partial charge on any atom is 0.495 e. The minimum absolute atomic E-state index is 0.810. The fourth-order valence-electron chi connectivity index (χ4n) is 1.10. The standard InChI is InChI=1S/C6H2F6N2O3/c7-5(8,9)1-2(15)13-4(17)14(3(1)16)6(10,11)12/h1H,(H,13,15,17). The van der Waals surface area contributed by atoms with Crippen LogP contribution in [0.1, 0.15) is 0 Å². The summed E-state index contributed by atoms with van der Waals surface area (Å²) in [6.07, 6.45) is -11.1. The van der Waals surface area contributed by atoms with Crippen LogP contribution in [0.5, 0.6) is 0 Å². The third-order valence-corrected chi connectivity index (χ3v) is 1.74. The molecule has 1 aliphatic rings. The molecule has 0 aromatic heterocycles. The number of alkyl halides is 6. The van der Waals surface area contributed by atoms with Crippen LogP contribution in [0.4, 0.5) is 31.1 Å². The van der Waals surface area contributed by atoms with Crippen LogP contribution in [0.25, 0.3) is 0 Å². The summed E-state index contributed by atoms with van der Waals surface area (Å²) in [5.41, 5.74) is 0. The number of halogens is 6. The summed E-state index contributed by atoms with van der Waals surface area (Å²) < 4.78 is 72.7. The maximum atomic E-state index is 12.1. The highest BCUT2D eigenvalue weighted by Crippen LogP contribution is 2.34. The minimum Gasteiger partial charge on any atom is -0.276 e. The minimum atomic E-state index is -5.63. The highest BCUT2D eigenvalue weighted by molar-refractivity contribution is 6.16. The third kappa shape index (κ3) is 2.31. The molecule has 17 heavy (non-hydrogen) atoms. The zero-order valence-corrected chi connectivity index (χ0v) is 7.52. The summed E-state index contributed by atoms with van der Waals surface area (Å²) >= 11 is 0. The third-order valence-electron chi connectivity index (χ3n) is 1.74. The number of urea groups is 1. The number of hydrogen-bond acceptors (Lipinski definition) is 3. The fourth-order valence-corrected chi connectivity index (χ4v) is 1.10. The van der Waals surface area contributed by atoms with Crippen LogP contribution < -0.4 is 5.32 Å². The highest BCUT2D eigenvalue weighted by Gasteiger charge is 2.61. The predicted octanol–water partition coefficient (Wildman–Crippen LogP) is 0.763. The lowest BCUT2D eigenvalue weighted by Gasteiger charge is -2.31. The summed E-state index contributed by atoms with van der Waals surface area (Å²) in [6, 6.07) is -2.26. The normalized spacial score (nSPS) is 22.8. The maximum absolute atomic E-state index is 12.1. The lowest BCUT2D eigenvalue weighted by molar-refractivity contribution is -0.238. The van der Waals surface area contributed by atoms with E-state index < -0.39 is 41.1 Å². The Labute approximate surface area is 88.3 Å². The van der Waals surface area contributed by atoms with Gasteiger partial charge >= 0.3 is 18.5 Å². The van der Waals surface area contributed by atoms with Crippen molar-refractivity contribution >= 4 is 17.8 Å². The van der Waals surface area contributed by atoms with Crippen molar-refractivity contribution in [2.24, 2.45) is 5.92 Å². The second-order valence-corrected chi connectivity index (χ2v) is 2.91. The van der Waals surface area contributed by atoms with Gasteiger partial charge < -0.3 is 0 Å². The lowest BCUT2D eigenvalue weighted by Crippen LogP contribution is -2.65. The van der Waals surface area contributed by atoms with E-state index in [0.29, 0.717) is 0 Å². The molecule has 1 rings (SSSR count). The summed E-state index contributed by atoms with van der Waals surface area (Å²) in [5.74, 6) is -8.34. The van der Waals surface area contributed by atoms with Gasteiger partial charge in [-0.25, -0.2) is 4.79 Å². The molecule has 1 unspecified atom stereocenters. The molecule has 0 spiro atoms. The molecule has 0 aliphatic carbocycles. The zero-order valence-electron chi connectivity index (χ0n) is 7.52. The summed E-state index contributed by atoms with van der Waals surface area (Å²) in [7, 11) is 0. The molecular formula is C6H2F6N2O3. The summed E-state index contributed by atoms with van der Waals surface area (Å²) in [6.45, 7) is 0. The molecule has 1 aliphatic heterocycles. The van der Waals surface area contributed by atoms with Crippen LogP contribution in [-0.4, -0.2) is 35.2 Å². The molecule has 0 aromatic carbocycles. The molecule has 96 valence electrons. The molecular weight excluding hydrogens is 262 g/mol. The van der Waals surface area contributed by atoms with Crippen molar-refractivity contribution in [3.8, 4) is 0 Å². The Bertz CT molecular complexity index is 352. The molecule has 1 atom stereocenters. The van der Waals surface area contributed by atoms with Crippen molar-refractivity contribution < 1.29 is 40.7 Å². The Hall–Kier alpha value is -1.81. The number of imide groups is 2. The molecule has 0 aromatic rings. The average Bonchev–Trinajstić information content (AvgIpc) is 1.94. The Balaban J connectivity index is 3.18. The van der Waals surface area contributed by atoms with E-state index in [1.165, 1.54) is 0 Å². The van der Waals surface area contributed by atoms with Crippen LogP contribution >= 0.6 is 0 Å². The van der Waals surface area contributed by atoms with E-state index in [4.69, 9.17) is 0 Å². The summed E-state index contributed by atoms with van der Waals surface area (Å²) in [4.78, 5) is 30.5. The number of hydrogen-bond donors (Lipinski definition) is 1. The lowest BCUT2D eigenvalue weighted by atomic mass is 10.1. The zero-order chi connectivity index (χ0) is 13.6. The van der Waals surface area contributed by atoms with Crippen molar-refractivity contribution in [2.75, 3.05) is 0 Å². The SMILES string of the molecule is O=C1NC(=O)N(C(F)(F)F)C(=O)C1C(F)(F)F. The molecule has 0 radical (unpaired) electrons. The van der Waals surface area contributed by atoms with Crippen LogP contribution in [0.3, 0.4) is 0 Å². The van der Waals surface area contributed by atoms with E-state index in [-0.39, 0.29) is 0 Å². The quantitative estimate of drug-likeness (QED) is 0.399. The fraction of sp³-hybridized carbons (Fsp3) is 0.500. The van der Waals surface area contributed by atoms with E-state index in [2.05, 4.69) is 0 Å². The Morgan fingerprint density at radius 2 is 1.47 bits per heavy atom. The molecule has 11 heteroatoms. The first kappa shape index (κ1) is 13.3. The van der Waals surface area contributed by atoms with Gasteiger partial charge in [0.2, 0.25) is 11.8 Å². The van der Waals surface area contributed by atoms with Crippen molar-refractivity contribution in [1.82, 2.24) is 10.2 Å². The Kier molecular flexibility index (Phi) is 2.81. The molecule has 1 N–H and O–H groups in total. The van der Waals surface area contributed by atoms with E-state index in [1.807, 2.05) is 0 Å². The topological polar surface area (TPSA) is 66.5 Å². The average molecular weight is 264 g/mol. The first-order chi connectivity index (χ1) is 7.46. The highest BCUT2D eigenvalue weighted by atomic mass is 19.4. The first-order valence-electron chi connectivity index (χ1n) is 3.78. The monoisotopic (exact) mass is 264 g/mol. The van der Waals surface area contributed by atoms with Crippen molar-refractivity contribution in [3.05, 3.63) is 0 Å². The van der Waals surface area contributed by atoms with Crippen molar-refractivity contribution in [2.45, 2.75) is 12.5 Å². The first-order valence-corrected chi connectivity index (χ1v) is 3.78. The van der Waals surface area contributed by atoms with Crippen LogP contribution in [0.2, 0.25) is 0 Å². The second-order valence-electron chi connectivity index (χ2n) is 2.91. The van der Waals surface area contributed by atoms with Gasteiger partial charge in [-0.15, -0.1) is 13.2 Å². The van der Waals surface area contributed by atoms with Gasteiger partial charge in [-0.3, -0.25) is 14.9 Å². The van der Waals surface area contributed by atoms with E-state index in [9.17, 15) is 40.7 Å². The van der Waals surface area contributed by atoms with Crippen molar-refractivity contribution in [1.29, 1.82) is 0 Å². The van der Waals surface area contributed by atoms with Gasteiger partial charge in [-0.05, 0) is 0 Å². The molecule has 1 fully saturated rings. The van der Waals surface area contributed by atoms with Gasteiger partial charge in [-0.1, -0.05) is 0 Å². The molecule has 1 heterocycles. The van der Waals surface area contributed by atoms with E-state index in [1.54, 1.807) is 0 Å². The predicted molar refractivity (Wildman–Crippen MR) is 36.0 cm³/mol. The molecule has 0 saturated carbocycles. The number of barbiturate groups is 1. The Morgan fingerprint density at radius 1 is 1.00 bits per heavy atom. The van der Waals surface area contributed by atoms with Crippen LogP contribution in [0, 0.1) is 5.92 Å². The molecule has 0 bridgehead atoms. The van der Waals surface area contributed by atoms with Crippen molar-refractivity contribution in [3.63, 3.8) is 0 Å². The van der Waals surface area contributed by atoms with E-state index in [0.717, 1.165) is 5.32 Å². The van der Waals surface area contributed by atoms with Gasteiger partial charge in [0.05, 0.1) is 0 Å².